The van der Waals surface area contributed by atoms with E-state index in [1.807, 2.05) is 19.1 Å². The maximum Gasteiger partial charge on any atom is 0.0406 e. The summed E-state index contributed by atoms with van der Waals surface area (Å²) in [5, 5.41) is 14.4. The van der Waals surface area contributed by atoms with E-state index < -0.39 is 4.92 Å². The van der Waals surface area contributed by atoms with Crippen molar-refractivity contribution in [3.8, 4) is 0 Å². The zero-order valence-electron chi connectivity index (χ0n) is 9.27. The van der Waals surface area contributed by atoms with Gasteiger partial charge >= 0.3 is 0 Å². The Morgan fingerprint density at radius 3 is 2.71 bits per heavy atom. The molecule has 0 saturated carbocycles. The highest BCUT2D eigenvalue weighted by Gasteiger charge is 1.95. The van der Waals surface area contributed by atoms with E-state index in [9.17, 15) is 10.1 Å². The van der Waals surface area contributed by atoms with Gasteiger partial charge in [0.05, 0.1) is 0 Å². The third-order valence-corrected chi connectivity index (χ3v) is 3.08. The maximum atomic E-state index is 10.3. The third-order valence-electron chi connectivity index (χ3n) is 1.83. The van der Waals surface area contributed by atoms with Gasteiger partial charge in [-0.15, -0.1) is 16.7 Å². The van der Waals surface area contributed by atoms with Crippen LogP contribution >= 0.6 is 23.4 Å². The molecule has 0 spiro atoms. The number of nitrogens with zero attached hydrogens (tertiary/aromatic N) is 1. The standard InChI is InChI=1S/C11H12ClN2O2S/c1-2-13-11(7-14(15)16)17-8-9-3-5-10(12)6-4-9/h3-6,13H,2,8H2,1H3/q-1. The Hall–Kier alpha value is -1.20. The molecule has 0 unspecified atom stereocenters. The van der Waals surface area contributed by atoms with Gasteiger partial charge in [0.25, 0.3) is 0 Å². The lowest BCUT2D eigenvalue weighted by Gasteiger charge is -2.13. The van der Waals surface area contributed by atoms with Crippen LogP contribution < -0.4 is 5.32 Å². The molecule has 0 bridgehead atoms. The number of nitro groups is 1. The summed E-state index contributed by atoms with van der Waals surface area (Å²) in [6.45, 7) is 2.51. The highest BCUT2D eigenvalue weighted by Crippen LogP contribution is 2.20. The first kappa shape index (κ1) is 13.9. The molecule has 17 heavy (non-hydrogen) atoms. The second-order valence-electron chi connectivity index (χ2n) is 3.14. The molecule has 1 aromatic rings. The number of halogens is 1. The van der Waals surface area contributed by atoms with Gasteiger partial charge in [-0.1, -0.05) is 29.9 Å². The van der Waals surface area contributed by atoms with Crippen molar-refractivity contribution >= 4 is 23.4 Å². The van der Waals surface area contributed by atoms with Crippen LogP contribution in [0.1, 0.15) is 12.5 Å². The van der Waals surface area contributed by atoms with Crippen LogP contribution in [0.3, 0.4) is 0 Å². The number of nitrogens with one attached hydrogen (secondary N) is 1. The molecule has 92 valence electrons. The monoisotopic (exact) mass is 271 g/mol. The van der Waals surface area contributed by atoms with Gasteiger partial charge in [0, 0.05) is 17.3 Å². The SMILES string of the molecule is CCNC(=[C-][N+](=O)[O-])SCc1ccc(Cl)cc1. The Balaban J connectivity index is 2.57. The van der Waals surface area contributed by atoms with Crippen molar-refractivity contribution in [1.29, 1.82) is 0 Å². The summed E-state index contributed by atoms with van der Waals surface area (Å²) in [4.78, 5) is 9.77. The first-order chi connectivity index (χ1) is 8.11. The van der Waals surface area contributed by atoms with Crippen LogP contribution in [0.4, 0.5) is 0 Å². The van der Waals surface area contributed by atoms with E-state index in [-0.39, 0.29) is 0 Å². The quantitative estimate of drug-likeness (QED) is 0.374. The molecule has 0 saturated heterocycles. The van der Waals surface area contributed by atoms with Crippen LogP contribution in [-0.2, 0) is 5.75 Å². The van der Waals surface area contributed by atoms with E-state index in [1.165, 1.54) is 11.8 Å². The molecule has 1 N–H and O–H groups in total. The van der Waals surface area contributed by atoms with Crippen molar-refractivity contribution in [2.45, 2.75) is 12.7 Å². The minimum Gasteiger partial charge on any atom is -0.406 e. The number of hydrogen-bond donors (Lipinski definition) is 1. The third kappa shape index (κ3) is 5.60. The predicted octanol–water partition coefficient (Wildman–Crippen LogP) is 3.06. The second-order valence-corrected chi connectivity index (χ2v) is 4.57. The number of hydrogen-bond acceptors (Lipinski definition) is 4. The van der Waals surface area contributed by atoms with Crippen LogP contribution in [0.5, 0.6) is 0 Å². The first-order valence-electron chi connectivity index (χ1n) is 5.01. The van der Waals surface area contributed by atoms with Crippen molar-refractivity contribution in [3.05, 3.63) is 56.2 Å². The topological polar surface area (TPSA) is 55.2 Å². The van der Waals surface area contributed by atoms with Gasteiger partial charge in [0.2, 0.25) is 0 Å². The van der Waals surface area contributed by atoms with Gasteiger partial charge in [-0.25, -0.2) is 0 Å². The fraction of sp³-hybridized carbons (Fsp3) is 0.273. The normalized spacial score (nSPS) is 11.3. The van der Waals surface area contributed by atoms with Crippen LogP contribution in [0.15, 0.2) is 29.3 Å². The minimum absolute atomic E-state index is 0.437. The predicted molar refractivity (Wildman–Crippen MR) is 70.2 cm³/mol. The molecule has 0 aliphatic rings. The summed E-state index contributed by atoms with van der Waals surface area (Å²) in [5.41, 5.74) is 1.06. The van der Waals surface area contributed by atoms with E-state index in [2.05, 4.69) is 11.5 Å². The molecule has 0 atom stereocenters. The molecule has 4 nitrogen and oxygen atoms in total. The Morgan fingerprint density at radius 2 is 2.18 bits per heavy atom. The summed E-state index contributed by atoms with van der Waals surface area (Å²) in [5.74, 6) is 0.639. The smallest absolute Gasteiger partial charge is 0.0406 e. The lowest BCUT2D eigenvalue weighted by atomic mass is 10.2. The van der Waals surface area contributed by atoms with Gasteiger partial charge < -0.3 is 5.32 Å². The molecule has 6 heteroatoms. The molecule has 1 rings (SSSR count). The highest BCUT2D eigenvalue weighted by molar-refractivity contribution is 8.02. The number of rotatable bonds is 6. The number of thioether (sulfide) groups is 1. The fourth-order valence-corrected chi connectivity index (χ4v) is 2.12. The largest absolute Gasteiger partial charge is 0.406 e. The zero-order chi connectivity index (χ0) is 12.7. The molecule has 0 aliphatic carbocycles. The van der Waals surface area contributed by atoms with Gasteiger partial charge in [0.1, 0.15) is 0 Å². The van der Waals surface area contributed by atoms with Gasteiger partial charge in [-0.05, 0) is 29.6 Å². The average Bonchev–Trinajstić information content (AvgIpc) is 2.27. The lowest BCUT2D eigenvalue weighted by Crippen LogP contribution is -2.11. The van der Waals surface area contributed by atoms with Crippen LogP contribution in [-0.4, -0.2) is 11.5 Å². The molecule has 0 aromatic heterocycles. The highest BCUT2D eigenvalue weighted by atomic mass is 35.5. The summed E-state index contributed by atoms with van der Waals surface area (Å²) >= 11 is 7.11. The second kappa shape index (κ2) is 7.19. The van der Waals surface area contributed by atoms with Gasteiger partial charge in [-0.3, -0.25) is 10.1 Å². The van der Waals surface area contributed by atoms with E-state index in [0.717, 1.165) is 5.56 Å². The van der Waals surface area contributed by atoms with Crippen molar-refractivity contribution in [3.63, 3.8) is 0 Å². The van der Waals surface area contributed by atoms with Gasteiger partial charge in [0.15, 0.2) is 0 Å². The molecular formula is C11H12ClN2O2S-. The zero-order valence-corrected chi connectivity index (χ0v) is 10.8. The van der Waals surface area contributed by atoms with Gasteiger partial charge in [-0.2, -0.15) is 0 Å². The average molecular weight is 272 g/mol. The summed E-state index contributed by atoms with van der Waals surface area (Å²) in [6, 6.07) is 7.38. The molecule has 0 heterocycles. The molecule has 1 aromatic carbocycles. The van der Waals surface area contributed by atoms with Crippen molar-refractivity contribution in [2.24, 2.45) is 0 Å². The van der Waals surface area contributed by atoms with Crippen molar-refractivity contribution in [2.75, 3.05) is 6.54 Å². The fourth-order valence-electron chi connectivity index (χ4n) is 1.10. The molecule has 0 amide bonds. The summed E-state index contributed by atoms with van der Waals surface area (Å²) < 4.78 is 0. The Kier molecular flexibility index (Phi) is 5.86. The molecular weight excluding hydrogens is 260 g/mol. The maximum absolute atomic E-state index is 10.3. The van der Waals surface area contributed by atoms with E-state index in [1.54, 1.807) is 12.1 Å². The minimum atomic E-state index is -0.577. The molecule has 0 fully saturated rings. The molecule has 0 aliphatic heterocycles. The Bertz CT molecular complexity index is 406. The number of benzene rings is 1. The van der Waals surface area contributed by atoms with E-state index >= 15 is 0 Å². The van der Waals surface area contributed by atoms with Crippen molar-refractivity contribution in [1.82, 2.24) is 5.32 Å². The van der Waals surface area contributed by atoms with Crippen LogP contribution in [0.25, 0.3) is 0 Å². The first-order valence-corrected chi connectivity index (χ1v) is 6.37. The Morgan fingerprint density at radius 1 is 1.53 bits per heavy atom. The van der Waals surface area contributed by atoms with E-state index in [0.29, 0.717) is 22.3 Å². The van der Waals surface area contributed by atoms with Crippen LogP contribution in [0, 0.1) is 16.3 Å². The van der Waals surface area contributed by atoms with Crippen LogP contribution in [0.2, 0.25) is 5.02 Å². The summed E-state index contributed by atoms with van der Waals surface area (Å²) in [7, 11) is 0. The van der Waals surface area contributed by atoms with E-state index in [4.69, 9.17) is 11.6 Å². The van der Waals surface area contributed by atoms with Crippen molar-refractivity contribution < 1.29 is 4.92 Å². The Labute approximate surface area is 109 Å². The molecule has 0 radical (unpaired) electrons. The lowest BCUT2D eigenvalue weighted by molar-refractivity contribution is -0.420. The summed E-state index contributed by atoms with van der Waals surface area (Å²) in [6.07, 6.45) is 2.13.